The van der Waals surface area contributed by atoms with E-state index in [1.165, 1.54) is 26.2 Å². The van der Waals surface area contributed by atoms with E-state index in [1.807, 2.05) is 4.90 Å². The van der Waals surface area contributed by atoms with Crippen LogP contribution < -0.4 is 24.8 Å². The first-order valence-corrected chi connectivity index (χ1v) is 13.1. The standard InChI is InChI=1S/C28H28N4O4S/c1-34-21-11-15(12-22(35-2)26(21)36-3)24-18(14-30)27(31)32(19-8-6-9-20(33)25(19)24)28-17(13-29)16-7-4-5-10-23(16)37-28/h11-12,24H,4-10,31H2,1-3H3/t24-/m1/s1. The molecular formula is C28H28N4O4S. The van der Waals surface area contributed by atoms with Gasteiger partial charge in [0.05, 0.1) is 44.5 Å². The number of nitriles is 2. The molecule has 3 aliphatic rings. The lowest BCUT2D eigenvalue weighted by Crippen LogP contribution is -2.38. The molecule has 0 bridgehead atoms. The normalized spacial score (nSPS) is 19.1. The van der Waals surface area contributed by atoms with E-state index in [0.29, 0.717) is 58.2 Å². The van der Waals surface area contributed by atoms with Crippen molar-refractivity contribution in [2.75, 3.05) is 26.2 Å². The predicted molar refractivity (Wildman–Crippen MR) is 140 cm³/mol. The maximum atomic E-state index is 13.5. The number of nitrogens with two attached hydrogens (primary N) is 1. The van der Waals surface area contributed by atoms with Crippen LogP contribution in [0.25, 0.3) is 0 Å². The number of carbonyl (C=O) groups is 1. The van der Waals surface area contributed by atoms with Crippen molar-refractivity contribution < 1.29 is 19.0 Å². The fourth-order valence-corrected chi connectivity index (χ4v) is 7.12. The van der Waals surface area contributed by atoms with Gasteiger partial charge in [0.15, 0.2) is 17.3 Å². The Balaban J connectivity index is 1.77. The van der Waals surface area contributed by atoms with Crippen LogP contribution >= 0.6 is 11.3 Å². The molecule has 190 valence electrons. The second-order valence-electron chi connectivity index (χ2n) is 9.28. The molecule has 1 atom stereocenters. The van der Waals surface area contributed by atoms with Crippen LogP contribution in [0.5, 0.6) is 17.2 Å². The van der Waals surface area contributed by atoms with E-state index in [4.69, 9.17) is 19.9 Å². The number of ketones is 1. The summed E-state index contributed by atoms with van der Waals surface area (Å²) in [5.41, 5.74) is 10.7. The van der Waals surface area contributed by atoms with Crippen LogP contribution in [-0.4, -0.2) is 27.1 Å². The topological polar surface area (TPSA) is 122 Å². The van der Waals surface area contributed by atoms with Gasteiger partial charge in [0, 0.05) is 22.6 Å². The Hall–Kier alpha value is -3.95. The van der Waals surface area contributed by atoms with Gasteiger partial charge in [0.2, 0.25) is 5.75 Å². The fourth-order valence-electron chi connectivity index (χ4n) is 5.74. The van der Waals surface area contributed by atoms with Crippen LogP contribution in [-0.2, 0) is 17.6 Å². The lowest BCUT2D eigenvalue weighted by atomic mass is 9.75. The average Bonchev–Trinajstić information content (AvgIpc) is 3.29. The zero-order valence-electron chi connectivity index (χ0n) is 21.1. The highest BCUT2D eigenvalue weighted by atomic mass is 32.1. The van der Waals surface area contributed by atoms with Crippen molar-refractivity contribution in [3.63, 3.8) is 0 Å². The zero-order valence-corrected chi connectivity index (χ0v) is 22.0. The van der Waals surface area contributed by atoms with Crippen molar-refractivity contribution in [1.82, 2.24) is 0 Å². The van der Waals surface area contributed by atoms with E-state index in [9.17, 15) is 15.3 Å². The number of hydrogen-bond acceptors (Lipinski definition) is 9. The number of fused-ring (bicyclic) bond motifs is 1. The van der Waals surface area contributed by atoms with Crippen molar-refractivity contribution in [2.24, 2.45) is 5.73 Å². The van der Waals surface area contributed by atoms with E-state index in [2.05, 4.69) is 12.1 Å². The number of methoxy groups -OCH3 is 3. The molecule has 1 aromatic carbocycles. The number of allylic oxidation sites excluding steroid dienone is 3. The molecule has 0 radical (unpaired) electrons. The minimum absolute atomic E-state index is 0.0231. The molecule has 2 N–H and O–H groups in total. The monoisotopic (exact) mass is 516 g/mol. The third kappa shape index (κ3) is 3.82. The van der Waals surface area contributed by atoms with Gasteiger partial charge in [-0.25, -0.2) is 0 Å². The smallest absolute Gasteiger partial charge is 0.203 e. The van der Waals surface area contributed by atoms with Crippen molar-refractivity contribution >= 4 is 22.1 Å². The third-order valence-corrected chi connectivity index (χ3v) is 8.68. The largest absolute Gasteiger partial charge is 0.493 e. The highest BCUT2D eigenvalue weighted by molar-refractivity contribution is 7.16. The summed E-state index contributed by atoms with van der Waals surface area (Å²) in [6.07, 6.45) is 5.60. The molecule has 1 aliphatic heterocycles. The van der Waals surface area contributed by atoms with E-state index >= 15 is 0 Å². The highest BCUT2D eigenvalue weighted by Gasteiger charge is 2.42. The Morgan fingerprint density at radius 2 is 1.68 bits per heavy atom. The van der Waals surface area contributed by atoms with Gasteiger partial charge in [-0.3, -0.25) is 9.69 Å². The molecule has 8 nitrogen and oxygen atoms in total. The van der Waals surface area contributed by atoms with Crippen molar-refractivity contribution in [2.45, 2.75) is 50.9 Å². The Kier molecular flexibility index (Phi) is 6.57. The van der Waals surface area contributed by atoms with Gasteiger partial charge in [-0.2, -0.15) is 10.5 Å². The number of Topliss-reactive ketones (excluding diaryl/α,β-unsaturated/α-hetero) is 1. The Morgan fingerprint density at radius 3 is 2.30 bits per heavy atom. The Bertz CT molecular complexity index is 1410. The molecule has 0 spiro atoms. The molecule has 0 saturated carbocycles. The molecule has 0 fully saturated rings. The first-order valence-electron chi connectivity index (χ1n) is 12.3. The van der Waals surface area contributed by atoms with Crippen LogP contribution in [0.3, 0.4) is 0 Å². The molecule has 2 aromatic rings. The van der Waals surface area contributed by atoms with Crippen molar-refractivity contribution in [3.8, 4) is 29.4 Å². The molecule has 1 aromatic heterocycles. The van der Waals surface area contributed by atoms with Crippen LogP contribution in [0.1, 0.15) is 59.6 Å². The summed E-state index contributed by atoms with van der Waals surface area (Å²) in [4.78, 5) is 16.5. The molecule has 37 heavy (non-hydrogen) atoms. The molecule has 5 rings (SSSR count). The maximum Gasteiger partial charge on any atom is 0.203 e. The Morgan fingerprint density at radius 1 is 0.973 bits per heavy atom. The fraction of sp³-hybridized carbons (Fsp3) is 0.393. The van der Waals surface area contributed by atoms with Crippen LogP contribution in [0.15, 0.2) is 34.8 Å². The SMILES string of the molecule is COc1cc([C@@H]2C(C#N)=C(N)N(c3sc4c(c3C#N)CCCC4)C3=C2C(=O)CCC3)cc(OC)c1OC. The van der Waals surface area contributed by atoms with Gasteiger partial charge >= 0.3 is 0 Å². The highest BCUT2D eigenvalue weighted by Crippen LogP contribution is 2.51. The van der Waals surface area contributed by atoms with Crippen molar-refractivity contribution in [3.05, 3.63) is 56.4 Å². The summed E-state index contributed by atoms with van der Waals surface area (Å²) in [6.45, 7) is 0. The van der Waals surface area contributed by atoms with Gasteiger partial charge in [-0.15, -0.1) is 11.3 Å². The molecular weight excluding hydrogens is 488 g/mol. The van der Waals surface area contributed by atoms with Gasteiger partial charge in [-0.1, -0.05) is 0 Å². The number of ether oxygens (including phenoxy) is 3. The second-order valence-corrected chi connectivity index (χ2v) is 10.4. The number of thiophene rings is 1. The first-order chi connectivity index (χ1) is 18.0. The number of anilines is 1. The summed E-state index contributed by atoms with van der Waals surface area (Å²) in [5.74, 6) is 0.831. The number of benzene rings is 1. The summed E-state index contributed by atoms with van der Waals surface area (Å²) in [7, 11) is 4.57. The second kappa shape index (κ2) is 9.84. The summed E-state index contributed by atoms with van der Waals surface area (Å²) in [5, 5.41) is 21.2. The minimum atomic E-state index is -0.683. The number of aryl methyl sites for hydroxylation is 1. The number of hydrogen-bond donors (Lipinski definition) is 1. The van der Waals surface area contributed by atoms with Gasteiger partial charge in [0.25, 0.3) is 0 Å². The zero-order chi connectivity index (χ0) is 26.3. The third-order valence-electron chi connectivity index (χ3n) is 7.40. The number of carbonyl (C=O) groups excluding carboxylic acids is 1. The Labute approximate surface area is 220 Å². The summed E-state index contributed by atoms with van der Waals surface area (Å²) < 4.78 is 16.6. The quantitative estimate of drug-likeness (QED) is 0.600. The molecule has 0 unspecified atom stereocenters. The van der Waals surface area contributed by atoms with Crippen molar-refractivity contribution in [1.29, 1.82) is 10.5 Å². The summed E-state index contributed by atoms with van der Waals surface area (Å²) >= 11 is 1.56. The minimum Gasteiger partial charge on any atom is -0.493 e. The lowest BCUT2D eigenvalue weighted by Gasteiger charge is -2.39. The van der Waals surface area contributed by atoms with Crippen LogP contribution in [0.2, 0.25) is 0 Å². The number of rotatable bonds is 5. The molecule has 0 saturated heterocycles. The molecule has 2 aliphatic carbocycles. The van der Waals surface area contributed by atoms with Crippen LogP contribution in [0.4, 0.5) is 5.00 Å². The number of nitrogens with zero attached hydrogens (tertiary/aromatic N) is 3. The maximum absolute atomic E-state index is 13.5. The van der Waals surface area contributed by atoms with E-state index in [-0.39, 0.29) is 17.2 Å². The summed E-state index contributed by atoms with van der Waals surface area (Å²) in [6, 6.07) is 8.23. The van der Waals surface area contributed by atoms with E-state index in [0.717, 1.165) is 36.9 Å². The lowest BCUT2D eigenvalue weighted by molar-refractivity contribution is -0.116. The van der Waals surface area contributed by atoms with Gasteiger partial charge in [0.1, 0.15) is 16.9 Å². The molecule has 9 heteroatoms. The van der Waals surface area contributed by atoms with E-state index < -0.39 is 5.92 Å². The molecule has 0 amide bonds. The van der Waals surface area contributed by atoms with E-state index in [1.54, 1.807) is 23.5 Å². The average molecular weight is 517 g/mol. The van der Waals surface area contributed by atoms with Crippen LogP contribution in [0, 0.1) is 22.7 Å². The first kappa shape index (κ1) is 24.7. The van der Waals surface area contributed by atoms with Gasteiger partial charge in [-0.05, 0) is 61.8 Å². The van der Waals surface area contributed by atoms with Gasteiger partial charge < -0.3 is 19.9 Å². The molecule has 2 heterocycles. The predicted octanol–water partition coefficient (Wildman–Crippen LogP) is 4.83.